The maximum absolute atomic E-state index is 11.9. The first-order chi connectivity index (χ1) is 8.24. The van der Waals surface area contributed by atoms with Gasteiger partial charge < -0.3 is 4.74 Å². The molecule has 17 heavy (non-hydrogen) atoms. The van der Waals surface area contributed by atoms with Crippen molar-refractivity contribution in [3.05, 3.63) is 27.9 Å². The maximum Gasteiger partial charge on any atom is 0.274 e. The molecule has 6 heteroatoms. The number of aromatic nitrogens is 4. The zero-order chi connectivity index (χ0) is 11.8. The van der Waals surface area contributed by atoms with Crippen LogP contribution >= 0.6 is 0 Å². The zero-order valence-electron chi connectivity index (χ0n) is 9.64. The molecule has 0 spiro atoms. The molecule has 2 aromatic rings. The number of H-pyrrole nitrogens is 1. The number of ether oxygens (including phenoxy) is 1. The van der Waals surface area contributed by atoms with Crippen LogP contribution in [0.4, 0.5) is 0 Å². The molecule has 6 nitrogen and oxygen atoms in total. The van der Waals surface area contributed by atoms with Crippen LogP contribution < -0.4 is 5.56 Å². The summed E-state index contributed by atoms with van der Waals surface area (Å²) in [7, 11) is 0. The third kappa shape index (κ3) is 1.84. The molecule has 1 aliphatic rings. The summed E-state index contributed by atoms with van der Waals surface area (Å²) in [5, 5.41) is 2.86. The standard InChI is InChI=1S/C11H14N4O2/c1-7-12-11-13-9(6-10(16)15(11)14-7)8-2-4-17-5-3-8/h6,8H,2-5H2,1H3,(H,12,13,14). The van der Waals surface area contributed by atoms with E-state index in [1.807, 2.05) is 6.92 Å². The molecule has 0 aromatic carbocycles. The molecule has 0 radical (unpaired) electrons. The number of hydrogen-bond donors (Lipinski definition) is 1. The Morgan fingerprint density at radius 2 is 2.18 bits per heavy atom. The van der Waals surface area contributed by atoms with E-state index in [4.69, 9.17) is 4.74 Å². The number of aryl methyl sites for hydroxylation is 1. The number of nitrogens with one attached hydrogen (secondary N) is 1. The quantitative estimate of drug-likeness (QED) is 0.785. The Kier molecular flexibility index (Phi) is 2.44. The molecule has 0 aliphatic carbocycles. The molecule has 3 heterocycles. The van der Waals surface area contributed by atoms with Gasteiger partial charge in [-0.05, 0) is 19.8 Å². The smallest absolute Gasteiger partial charge is 0.274 e. The highest BCUT2D eigenvalue weighted by Gasteiger charge is 2.19. The number of nitrogens with zero attached hydrogens (tertiary/aromatic N) is 3. The van der Waals surface area contributed by atoms with Crippen LogP contribution in [-0.4, -0.2) is 32.8 Å². The normalized spacial score (nSPS) is 17.7. The van der Waals surface area contributed by atoms with Gasteiger partial charge in [0.15, 0.2) is 0 Å². The highest BCUT2D eigenvalue weighted by atomic mass is 16.5. The van der Waals surface area contributed by atoms with E-state index in [2.05, 4.69) is 15.1 Å². The molecule has 1 saturated heterocycles. The van der Waals surface area contributed by atoms with Crippen molar-refractivity contribution in [1.29, 1.82) is 0 Å². The van der Waals surface area contributed by atoms with Crippen molar-refractivity contribution < 1.29 is 4.74 Å². The van der Waals surface area contributed by atoms with Crippen LogP contribution in [-0.2, 0) is 4.74 Å². The Morgan fingerprint density at radius 1 is 1.41 bits per heavy atom. The van der Waals surface area contributed by atoms with E-state index >= 15 is 0 Å². The third-order valence-corrected chi connectivity index (χ3v) is 3.10. The van der Waals surface area contributed by atoms with Crippen LogP contribution in [0.15, 0.2) is 10.9 Å². The number of hydrogen-bond acceptors (Lipinski definition) is 4. The minimum absolute atomic E-state index is 0.0999. The van der Waals surface area contributed by atoms with Crippen molar-refractivity contribution in [1.82, 2.24) is 19.6 Å². The Balaban J connectivity index is 2.08. The molecule has 0 bridgehead atoms. The van der Waals surface area contributed by atoms with Gasteiger partial charge in [-0.25, -0.2) is 4.98 Å². The Hall–Kier alpha value is -1.69. The van der Waals surface area contributed by atoms with Gasteiger partial charge in [0.05, 0.1) is 5.69 Å². The second-order valence-electron chi connectivity index (χ2n) is 4.35. The molecule has 3 rings (SSSR count). The fraction of sp³-hybridized carbons (Fsp3) is 0.545. The van der Waals surface area contributed by atoms with Gasteiger partial charge in [0.2, 0.25) is 0 Å². The van der Waals surface area contributed by atoms with E-state index < -0.39 is 0 Å². The molecule has 1 aliphatic heterocycles. The van der Waals surface area contributed by atoms with Crippen LogP contribution in [0.25, 0.3) is 5.78 Å². The molecular weight excluding hydrogens is 220 g/mol. The topological polar surface area (TPSA) is 72.3 Å². The lowest BCUT2D eigenvalue weighted by Gasteiger charge is -2.20. The zero-order valence-corrected chi connectivity index (χ0v) is 9.64. The van der Waals surface area contributed by atoms with Gasteiger partial charge in [0, 0.05) is 25.2 Å². The summed E-state index contributed by atoms with van der Waals surface area (Å²) in [6.45, 7) is 3.29. The second-order valence-corrected chi connectivity index (χ2v) is 4.35. The maximum atomic E-state index is 11.9. The summed E-state index contributed by atoms with van der Waals surface area (Å²) in [5.74, 6) is 1.47. The molecule has 0 amide bonds. The Morgan fingerprint density at radius 3 is 2.94 bits per heavy atom. The minimum Gasteiger partial charge on any atom is -0.381 e. The average Bonchev–Trinajstić information content (AvgIpc) is 2.71. The van der Waals surface area contributed by atoms with E-state index in [1.165, 1.54) is 4.52 Å². The summed E-state index contributed by atoms with van der Waals surface area (Å²) < 4.78 is 6.68. The SMILES string of the molecule is Cc1nc2nc(C3CCOCC3)cc(=O)n2[nH]1. The molecule has 0 atom stereocenters. The van der Waals surface area contributed by atoms with Crippen LogP contribution in [0.2, 0.25) is 0 Å². The number of rotatable bonds is 1. The lowest BCUT2D eigenvalue weighted by molar-refractivity contribution is 0.0845. The molecule has 1 fully saturated rings. The molecule has 0 saturated carbocycles. The van der Waals surface area contributed by atoms with Gasteiger partial charge in [-0.15, -0.1) is 0 Å². The number of fused-ring (bicyclic) bond motifs is 1. The van der Waals surface area contributed by atoms with Crippen molar-refractivity contribution in [3.8, 4) is 0 Å². The van der Waals surface area contributed by atoms with E-state index in [9.17, 15) is 4.79 Å². The van der Waals surface area contributed by atoms with Gasteiger partial charge in [0.1, 0.15) is 5.82 Å². The fourth-order valence-corrected chi connectivity index (χ4v) is 2.21. The Labute approximate surface area is 97.6 Å². The second kappa shape index (κ2) is 3.96. The lowest BCUT2D eigenvalue weighted by Crippen LogP contribution is -2.20. The largest absolute Gasteiger partial charge is 0.381 e. The van der Waals surface area contributed by atoms with Crippen LogP contribution in [0.1, 0.15) is 30.3 Å². The van der Waals surface area contributed by atoms with E-state index in [0.717, 1.165) is 31.7 Å². The van der Waals surface area contributed by atoms with Crippen LogP contribution in [0, 0.1) is 6.92 Å². The lowest BCUT2D eigenvalue weighted by atomic mass is 9.96. The van der Waals surface area contributed by atoms with E-state index in [1.54, 1.807) is 6.07 Å². The van der Waals surface area contributed by atoms with Crippen molar-refractivity contribution >= 4 is 5.78 Å². The highest BCUT2D eigenvalue weighted by molar-refractivity contribution is 5.29. The molecule has 0 unspecified atom stereocenters. The van der Waals surface area contributed by atoms with Crippen molar-refractivity contribution in [2.75, 3.05) is 13.2 Å². The van der Waals surface area contributed by atoms with E-state index in [-0.39, 0.29) is 5.56 Å². The Bertz CT molecular complexity index is 595. The van der Waals surface area contributed by atoms with Crippen molar-refractivity contribution in [3.63, 3.8) is 0 Å². The van der Waals surface area contributed by atoms with E-state index in [0.29, 0.717) is 17.5 Å². The molecule has 90 valence electrons. The summed E-state index contributed by atoms with van der Waals surface area (Å²) >= 11 is 0. The molecule has 2 aromatic heterocycles. The fourth-order valence-electron chi connectivity index (χ4n) is 2.21. The van der Waals surface area contributed by atoms with Gasteiger partial charge in [0.25, 0.3) is 11.3 Å². The van der Waals surface area contributed by atoms with Crippen molar-refractivity contribution in [2.45, 2.75) is 25.7 Å². The first kappa shape index (κ1) is 10.5. The monoisotopic (exact) mass is 234 g/mol. The molecular formula is C11H14N4O2. The summed E-state index contributed by atoms with van der Waals surface area (Å²) in [4.78, 5) is 20.5. The summed E-state index contributed by atoms with van der Waals surface area (Å²) in [6.07, 6.45) is 1.85. The first-order valence-electron chi connectivity index (χ1n) is 5.78. The summed E-state index contributed by atoms with van der Waals surface area (Å²) in [5.41, 5.74) is 0.738. The number of aromatic amines is 1. The average molecular weight is 234 g/mol. The predicted octanol–water partition coefficient (Wildman–Crippen LogP) is 0.620. The van der Waals surface area contributed by atoms with Crippen molar-refractivity contribution in [2.24, 2.45) is 0 Å². The van der Waals surface area contributed by atoms with Crippen LogP contribution in [0.3, 0.4) is 0 Å². The predicted molar refractivity (Wildman–Crippen MR) is 61.1 cm³/mol. The highest BCUT2D eigenvalue weighted by Crippen LogP contribution is 2.24. The molecule has 1 N–H and O–H groups in total. The summed E-state index contributed by atoms with van der Waals surface area (Å²) in [6, 6.07) is 1.60. The first-order valence-corrected chi connectivity index (χ1v) is 5.78. The van der Waals surface area contributed by atoms with Gasteiger partial charge in [-0.1, -0.05) is 0 Å². The van der Waals surface area contributed by atoms with Gasteiger partial charge in [-0.2, -0.15) is 9.50 Å². The third-order valence-electron chi connectivity index (χ3n) is 3.10. The van der Waals surface area contributed by atoms with Gasteiger partial charge >= 0.3 is 0 Å². The van der Waals surface area contributed by atoms with Crippen LogP contribution in [0.5, 0.6) is 0 Å². The minimum atomic E-state index is -0.0999. The van der Waals surface area contributed by atoms with Gasteiger partial charge in [-0.3, -0.25) is 9.89 Å².